The lowest BCUT2D eigenvalue weighted by Crippen LogP contribution is -2.48. The third-order valence-electron chi connectivity index (χ3n) is 4.04. The zero-order valence-electron chi connectivity index (χ0n) is 12.2. The first-order chi connectivity index (χ1) is 10.5. The van der Waals surface area contributed by atoms with Gasteiger partial charge in [0.2, 0.25) is 0 Å². The molecule has 6 nitrogen and oxygen atoms in total. The monoisotopic (exact) mass is 320 g/mol. The minimum absolute atomic E-state index is 0.393. The van der Waals surface area contributed by atoms with Crippen molar-refractivity contribution >= 4 is 17.6 Å². The third-order valence-corrected chi connectivity index (χ3v) is 4.29. The van der Waals surface area contributed by atoms with E-state index in [1.54, 1.807) is 0 Å². The highest BCUT2D eigenvalue weighted by Gasteiger charge is 2.32. The van der Waals surface area contributed by atoms with Crippen LogP contribution in [-0.2, 0) is 24.3 Å². The fourth-order valence-corrected chi connectivity index (χ4v) is 2.88. The second kappa shape index (κ2) is 6.06. The number of hydrogen-bond donors (Lipinski definition) is 1. The van der Waals surface area contributed by atoms with Gasteiger partial charge in [0.25, 0.3) is 0 Å². The van der Waals surface area contributed by atoms with Crippen LogP contribution in [0.1, 0.15) is 17.2 Å². The van der Waals surface area contributed by atoms with Crippen molar-refractivity contribution < 1.29 is 9.90 Å². The van der Waals surface area contributed by atoms with Crippen molar-refractivity contribution in [2.45, 2.75) is 32.5 Å². The van der Waals surface area contributed by atoms with E-state index in [0.717, 1.165) is 23.6 Å². The molecule has 1 aliphatic heterocycles. The highest BCUT2D eigenvalue weighted by Crippen LogP contribution is 2.19. The van der Waals surface area contributed by atoms with Crippen LogP contribution in [0.15, 0.2) is 24.3 Å². The van der Waals surface area contributed by atoms with Gasteiger partial charge in [-0.25, -0.2) is 0 Å². The van der Waals surface area contributed by atoms with Gasteiger partial charge in [-0.2, -0.15) is 0 Å². The fourth-order valence-electron chi connectivity index (χ4n) is 2.75. The van der Waals surface area contributed by atoms with Gasteiger partial charge in [-0.05, 0) is 31.0 Å². The number of aryl methyl sites for hydroxylation is 1. The number of rotatable bonds is 4. The van der Waals surface area contributed by atoms with Crippen molar-refractivity contribution in [3.63, 3.8) is 0 Å². The summed E-state index contributed by atoms with van der Waals surface area (Å²) in [6.07, 6.45) is 0.772. The van der Waals surface area contributed by atoms with Crippen molar-refractivity contribution in [3.8, 4) is 0 Å². The molecule has 1 aliphatic rings. The number of nitrogens with zero attached hydrogens (tertiary/aromatic N) is 4. The van der Waals surface area contributed by atoms with Gasteiger partial charge >= 0.3 is 5.97 Å². The lowest BCUT2D eigenvalue weighted by molar-refractivity contribution is -0.145. The molecule has 0 fully saturated rings. The van der Waals surface area contributed by atoms with Crippen molar-refractivity contribution in [2.24, 2.45) is 0 Å². The van der Waals surface area contributed by atoms with E-state index in [0.29, 0.717) is 24.7 Å². The van der Waals surface area contributed by atoms with Gasteiger partial charge in [-0.3, -0.25) is 9.69 Å². The smallest absolute Gasteiger partial charge is 0.322 e. The number of benzene rings is 1. The van der Waals surface area contributed by atoms with Gasteiger partial charge in [-0.1, -0.05) is 23.7 Å². The molecule has 22 heavy (non-hydrogen) atoms. The highest BCUT2D eigenvalue weighted by molar-refractivity contribution is 6.30. The molecule has 1 unspecified atom stereocenters. The molecule has 0 saturated heterocycles. The van der Waals surface area contributed by atoms with E-state index in [1.807, 2.05) is 40.7 Å². The van der Waals surface area contributed by atoms with Crippen LogP contribution in [-0.4, -0.2) is 43.3 Å². The third kappa shape index (κ3) is 2.98. The Labute approximate surface area is 133 Å². The molecule has 2 aromatic rings. The molecule has 1 aromatic heterocycles. The number of carboxylic acids is 1. The van der Waals surface area contributed by atoms with Crippen LogP contribution >= 0.6 is 11.6 Å². The Morgan fingerprint density at radius 2 is 2.09 bits per heavy atom. The number of carboxylic acid groups (broad SMARTS) is 1. The lowest BCUT2D eigenvalue weighted by atomic mass is 10.1. The van der Waals surface area contributed by atoms with Crippen LogP contribution in [0.2, 0.25) is 5.02 Å². The largest absolute Gasteiger partial charge is 0.480 e. The van der Waals surface area contributed by atoms with Crippen molar-refractivity contribution in [3.05, 3.63) is 46.5 Å². The highest BCUT2D eigenvalue weighted by atomic mass is 35.5. The predicted octanol–water partition coefficient (Wildman–Crippen LogP) is 1.75. The SMILES string of the molecule is Cc1nnc2n1CC(C(=O)O)N(CCc1ccc(Cl)cc1)C2. The Bertz CT molecular complexity index is 683. The van der Waals surface area contributed by atoms with Crippen molar-refractivity contribution in [2.75, 3.05) is 6.54 Å². The molecule has 0 amide bonds. The summed E-state index contributed by atoms with van der Waals surface area (Å²) in [4.78, 5) is 13.5. The molecular formula is C15H17ClN4O2. The molecule has 0 aliphatic carbocycles. The van der Waals surface area contributed by atoms with E-state index >= 15 is 0 Å². The van der Waals surface area contributed by atoms with Crippen molar-refractivity contribution in [1.29, 1.82) is 0 Å². The molecular weight excluding hydrogens is 304 g/mol. The number of hydrogen-bond acceptors (Lipinski definition) is 4. The standard InChI is InChI=1S/C15H17ClN4O2/c1-10-17-18-14-9-19(13(15(21)22)8-20(10)14)7-6-11-2-4-12(16)5-3-11/h2-5,13H,6-9H2,1H3,(H,21,22). The van der Waals surface area contributed by atoms with Crippen LogP contribution < -0.4 is 0 Å². The van der Waals surface area contributed by atoms with Crippen LogP contribution in [0.25, 0.3) is 0 Å². The second-order valence-corrected chi connectivity index (χ2v) is 5.91. The number of fused-ring (bicyclic) bond motifs is 1. The van der Waals surface area contributed by atoms with Gasteiger partial charge in [0.05, 0.1) is 13.1 Å². The van der Waals surface area contributed by atoms with Crippen LogP contribution in [0.3, 0.4) is 0 Å². The minimum Gasteiger partial charge on any atom is -0.480 e. The minimum atomic E-state index is -0.810. The van der Waals surface area contributed by atoms with Crippen molar-refractivity contribution in [1.82, 2.24) is 19.7 Å². The molecule has 3 rings (SSSR count). The molecule has 7 heteroatoms. The van der Waals surface area contributed by atoms with E-state index in [4.69, 9.17) is 11.6 Å². The predicted molar refractivity (Wildman–Crippen MR) is 81.7 cm³/mol. The molecule has 0 radical (unpaired) electrons. The normalized spacial score (nSPS) is 18.2. The van der Waals surface area contributed by atoms with E-state index in [2.05, 4.69) is 10.2 Å². The molecule has 1 aromatic carbocycles. The van der Waals surface area contributed by atoms with E-state index in [9.17, 15) is 9.90 Å². The Morgan fingerprint density at radius 3 is 2.77 bits per heavy atom. The molecule has 0 saturated carbocycles. The molecule has 0 bridgehead atoms. The molecule has 116 valence electrons. The van der Waals surface area contributed by atoms with Crippen LogP contribution in [0, 0.1) is 6.92 Å². The summed E-state index contributed by atoms with van der Waals surface area (Å²) in [7, 11) is 0. The Balaban J connectivity index is 1.73. The molecule has 1 N–H and O–H groups in total. The number of halogens is 1. The van der Waals surface area contributed by atoms with Gasteiger partial charge in [-0.15, -0.1) is 10.2 Å². The first-order valence-corrected chi connectivity index (χ1v) is 7.52. The summed E-state index contributed by atoms with van der Waals surface area (Å²) >= 11 is 5.88. The number of aromatic nitrogens is 3. The average molecular weight is 321 g/mol. The summed E-state index contributed by atoms with van der Waals surface area (Å²) in [6, 6.07) is 7.09. The molecule has 1 atom stereocenters. The van der Waals surface area contributed by atoms with E-state index in [-0.39, 0.29) is 0 Å². The summed E-state index contributed by atoms with van der Waals surface area (Å²) in [5.41, 5.74) is 1.14. The summed E-state index contributed by atoms with van der Waals surface area (Å²) in [6.45, 7) is 3.40. The van der Waals surface area contributed by atoms with Gasteiger partial charge < -0.3 is 9.67 Å². The molecule has 0 spiro atoms. The van der Waals surface area contributed by atoms with Gasteiger partial charge in [0.1, 0.15) is 17.7 Å². The summed E-state index contributed by atoms with van der Waals surface area (Å²) < 4.78 is 1.89. The Kier molecular flexibility index (Phi) is 4.13. The summed E-state index contributed by atoms with van der Waals surface area (Å²) in [5.74, 6) is 0.777. The second-order valence-electron chi connectivity index (χ2n) is 5.48. The maximum Gasteiger partial charge on any atom is 0.322 e. The first-order valence-electron chi connectivity index (χ1n) is 7.14. The lowest BCUT2D eigenvalue weighted by Gasteiger charge is -2.33. The maximum absolute atomic E-state index is 11.6. The van der Waals surface area contributed by atoms with Gasteiger partial charge in [0, 0.05) is 11.6 Å². The number of aliphatic carboxylic acids is 1. The maximum atomic E-state index is 11.6. The van der Waals surface area contributed by atoms with E-state index in [1.165, 1.54) is 0 Å². The average Bonchev–Trinajstić information content (AvgIpc) is 2.86. The summed E-state index contributed by atoms with van der Waals surface area (Å²) in [5, 5.41) is 18.3. The quantitative estimate of drug-likeness (QED) is 0.929. The number of carbonyl (C=O) groups is 1. The Morgan fingerprint density at radius 1 is 1.36 bits per heavy atom. The van der Waals surface area contributed by atoms with E-state index < -0.39 is 12.0 Å². The fraction of sp³-hybridized carbons (Fsp3) is 0.400. The zero-order valence-corrected chi connectivity index (χ0v) is 13.0. The molecule has 2 heterocycles. The zero-order chi connectivity index (χ0) is 15.7. The Hall–Kier alpha value is -1.92. The topological polar surface area (TPSA) is 71.2 Å². The van der Waals surface area contributed by atoms with Crippen LogP contribution in [0.5, 0.6) is 0 Å². The first kappa shape index (κ1) is 15.0. The van der Waals surface area contributed by atoms with Crippen LogP contribution in [0.4, 0.5) is 0 Å². The van der Waals surface area contributed by atoms with Gasteiger partial charge in [0.15, 0.2) is 0 Å².